The molecule has 0 bridgehead atoms. The van der Waals surface area contributed by atoms with Crippen molar-refractivity contribution in [3.8, 4) is 0 Å². The minimum atomic E-state index is -0.0951. The van der Waals surface area contributed by atoms with Gasteiger partial charge in [-0.3, -0.25) is 4.79 Å². The fourth-order valence-electron chi connectivity index (χ4n) is 2.44. The molecule has 0 saturated heterocycles. The van der Waals surface area contributed by atoms with Crippen molar-refractivity contribution in [1.29, 1.82) is 0 Å². The lowest BCUT2D eigenvalue weighted by Gasteiger charge is -2.26. The van der Waals surface area contributed by atoms with Gasteiger partial charge in [0.05, 0.1) is 6.04 Å². The van der Waals surface area contributed by atoms with Crippen LogP contribution in [0.2, 0.25) is 0 Å². The van der Waals surface area contributed by atoms with Crippen molar-refractivity contribution in [3.05, 3.63) is 65.7 Å². The monoisotopic (exact) mass is 237 g/mol. The van der Waals surface area contributed by atoms with Gasteiger partial charge in [0, 0.05) is 11.3 Å². The molecule has 2 aromatic carbocycles. The zero-order valence-corrected chi connectivity index (χ0v) is 10.1. The lowest BCUT2D eigenvalue weighted by Crippen LogP contribution is -2.33. The molecule has 18 heavy (non-hydrogen) atoms. The Morgan fingerprint density at radius 2 is 1.72 bits per heavy atom. The van der Waals surface area contributed by atoms with E-state index in [1.54, 1.807) is 0 Å². The lowest BCUT2D eigenvalue weighted by atomic mass is 9.93. The Morgan fingerprint density at radius 1 is 1.00 bits per heavy atom. The highest BCUT2D eigenvalue weighted by Gasteiger charge is 2.24. The number of hydrogen-bond acceptors (Lipinski definition) is 2. The standard InChI is InChI=1S/C16H15NO/c18-16(13-7-2-1-3-8-13)15-11-10-12-6-4-5-9-14(12)17-15/h1-9,15,17H,10-11H2/t15-/m1/s1. The minimum Gasteiger partial charge on any atom is -0.375 e. The van der Waals surface area contributed by atoms with E-state index < -0.39 is 0 Å². The molecular weight excluding hydrogens is 222 g/mol. The average molecular weight is 237 g/mol. The highest BCUT2D eigenvalue weighted by atomic mass is 16.1. The fraction of sp³-hybridized carbons (Fsp3) is 0.188. The third kappa shape index (κ3) is 2.02. The van der Waals surface area contributed by atoms with E-state index in [-0.39, 0.29) is 11.8 Å². The van der Waals surface area contributed by atoms with Crippen LogP contribution in [-0.4, -0.2) is 11.8 Å². The molecule has 0 amide bonds. The Hall–Kier alpha value is -2.09. The van der Waals surface area contributed by atoms with Crippen LogP contribution in [0.3, 0.4) is 0 Å². The second-order valence-corrected chi connectivity index (χ2v) is 4.62. The van der Waals surface area contributed by atoms with Gasteiger partial charge in [-0.15, -0.1) is 0 Å². The number of ketones is 1. The summed E-state index contributed by atoms with van der Waals surface area (Å²) >= 11 is 0. The molecular formula is C16H15NO. The van der Waals surface area contributed by atoms with Crippen molar-refractivity contribution in [2.75, 3.05) is 5.32 Å². The maximum Gasteiger partial charge on any atom is 0.185 e. The molecule has 1 aliphatic rings. The molecule has 0 unspecified atom stereocenters. The van der Waals surface area contributed by atoms with E-state index in [2.05, 4.69) is 11.4 Å². The number of carbonyl (C=O) groups is 1. The van der Waals surface area contributed by atoms with Gasteiger partial charge >= 0.3 is 0 Å². The first-order valence-corrected chi connectivity index (χ1v) is 6.28. The second-order valence-electron chi connectivity index (χ2n) is 4.62. The Labute approximate surface area is 107 Å². The number of anilines is 1. The van der Waals surface area contributed by atoms with Crippen LogP contribution in [0, 0.1) is 0 Å². The summed E-state index contributed by atoms with van der Waals surface area (Å²) in [6.07, 6.45) is 1.83. The average Bonchev–Trinajstić information content (AvgIpc) is 2.47. The molecule has 90 valence electrons. The summed E-state index contributed by atoms with van der Waals surface area (Å²) in [6.45, 7) is 0. The quantitative estimate of drug-likeness (QED) is 0.812. The molecule has 3 rings (SSSR count). The highest BCUT2D eigenvalue weighted by Crippen LogP contribution is 2.25. The van der Waals surface area contributed by atoms with Crippen LogP contribution in [0.15, 0.2) is 54.6 Å². The Bertz CT molecular complexity index is 562. The summed E-state index contributed by atoms with van der Waals surface area (Å²) in [5.41, 5.74) is 3.18. The number of rotatable bonds is 2. The second kappa shape index (κ2) is 4.65. The van der Waals surface area contributed by atoms with Gasteiger partial charge in [-0.1, -0.05) is 48.5 Å². The molecule has 1 aliphatic heterocycles. The molecule has 2 heteroatoms. The number of carbonyl (C=O) groups excluding carboxylic acids is 1. The smallest absolute Gasteiger partial charge is 0.185 e. The van der Waals surface area contributed by atoms with E-state index in [0.717, 1.165) is 24.1 Å². The number of aryl methyl sites for hydroxylation is 1. The molecule has 0 saturated carbocycles. The molecule has 1 N–H and O–H groups in total. The normalized spacial score (nSPS) is 17.7. The largest absolute Gasteiger partial charge is 0.375 e. The zero-order valence-electron chi connectivity index (χ0n) is 10.1. The summed E-state index contributed by atoms with van der Waals surface area (Å²) < 4.78 is 0. The molecule has 1 heterocycles. The van der Waals surface area contributed by atoms with Gasteiger partial charge in [0.2, 0.25) is 0 Å². The third-order valence-electron chi connectivity index (χ3n) is 3.42. The third-order valence-corrected chi connectivity index (χ3v) is 3.42. The number of nitrogens with one attached hydrogen (secondary N) is 1. The number of benzene rings is 2. The van der Waals surface area contributed by atoms with Crippen LogP contribution in [0.4, 0.5) is 5.69 Å². The first-order chi connectivity index (χ1) is 8.84. The molecule has 0 aromatic heterocycles. The van der Waals surface area contributed by atoms with Crippen LogP contribution in [0.1, 0.15) is 22.3 Å². The Kier molecular flexibility index (Phi) is 2.85. The predicted octanol–water partition coefficient (Wildman–Crippen LogP) is 3.30. The highest BCUT2D eigenvalue weighted by molar-refractivity contribution is 6.02. The summed E-state index contributed by atoms with van der Waals surface area (Å²) in [4.78, 5) is 12.3. The summed E-state index contributed by atoms with van der Waals surface area (Å²) in [5, 5.41) is 3.35. The van der Waals surface area contributed by atoms with Crippen LogP contribution < -0.4 is 5.32 Å². The molecule has 0 aliphatic carbocycles. The topological polar surface area (TPSA) is 29.1 Å². The van der Waals surface area contributed by atoms with Crippen LogP contribution in [0.5, 0.6) is 0 Å². The van der Waals surface area contributed by atoms with E-state index in [0.29, 0.717) is 0 Å². The van der Waals surface area contributed by atoms with Crippen LogP contribution >= 0.6 is 0 Å². The molecule has 0 radical (unpaired) electrons. The SMILES string of the molecule is O=C(c1ccccc1)[C@H]1CCc2ccccc2N1. The van der Waals surface area contributed by atoms with Crippen molar-refractivity contribution >= 4 is 11.5 Å². The summed E-state index contributed by atoms with van der Waals surface area (Å²) in [6, 6.07) is 17.6. The Balaban J connectivity index is 1.82. The van der Waals surface area contributed by atoms with Gasteiger partial charge in [-0.25, -0.2) is 0 Å². The van der Waals surface area contributed by atoms with Crippen molar-refractivity contribution in [2.45, 2.75) is 18.9 Å². The molecule has 1 atom stereocenters. The van der Waals surface area contributed by atoms with E-state index >= 15 is 0 Å². The Morgan fingerprint density at radius 3 is 2.56 bits per heavy atom. The zero-order chi connectivity index (χ0) is 12.4. The van der Waals surface area contributed by atoms with E-state index in [4.69, 9.17) is 0 Å². The van der Waals surface area contributed by atoms with Gasteiger partial charge in [-0.05, 0) is 24.5 Å². The first kappa shape index (κ1) is 11.0. The maximum atomic E-state index is 12.3. The minimum absolute atomic E-state index is 0.0951. The fourth-order valence-corrected chi connectivity index (χ4v) is 2.44. The molecule has 0 fully saturated rings. The number of para-hydroxylation sites is 1. The summed E-state index contributed by atoms with van der Waals surface area (Å²) in [7, 11) is 0. The summed E-state index contributed by atoms with van der Waals surface area (Å²) in [5.74, 6) is 0.185. The molecule has 2 aromatic rings. The van der Waals surface area contributed by atoms with Crippen molar-refractivity contribution in [3.63, 3.8) is 0 Å². The molecule has 2 nitrogen and oxygen atoms in total. The van der Waals surface area contributed by atoms with E-state index in [1.807, 2.05) is 48.5 Å². The maximum absolute atomic E-state index is 12.3. The van der Waals surface area contributed by atoms with E-state index in [9.17, 15) is 4.79 Å². The van der Waals surface area contributed by atoms with Gasteiger partial charge in [0.15, 0.2) is 5.78 Å². The number of Topliss-reactive ketones (excluding diaryl/α,β-unsaturated/α-hetero) is 1. The lowest BCUT2D eigenvalue weighted by molar-refractivity contribution is 0.0964. The number of fused-ring (bicyclic) bond motifs is 1. The van der Waals surface area contributed by atoms with Crippen molar-refractivity contribution in [2.24, 2.45) is 0 Å². The van der Waals surface area contributed by atoms with Gasteiger partial charge < -0.3 is 5.32 Å². The first-order valence-electron chi connectivity index (χ1n) is 6.28. The van der Waals surface area contributed by atoms with Gasteiger partial charge in [0.25, 0.3) is 0 Å². The van der Waals surface area contributed by atoms with Gasteiger partial charge in [0.1, 0.15) is 0 Å². The van der Waals surface area contributed by atoms with Crippen molar-refractivity contribution in [1.82, 2.24) is 0 Å². The van der Waals surface area contributed by atoms with Crippen LogP contribution in [0.25, 0.3) is 0 Å². The molecule has 0 spiro atoms. The van der Waals surface area contributed by atoms with E-state index in [1.165, 1.54) is 5.56 Å². The van der Waals surface area contributed by atoms with Crippen molar-refractivity contribution < 1.29 is 4.79 Å². The van der Waals surface area contributed by atoms with Crippen LogP contribution in [-0.2, 0) is 6.42 Å². The van der Waals surface area contributed by atoms with Gasteiger partial charge in [-0.2, -0.15) is 0 Å². The predicted molar refractivity (Wildman–Crippen MR) is 72.9 cm³/mol. The number of hydrogen-bond donors (Lipinski definition) is 1.